The Kier molecular flexibility index (Phi) is 10.6. The Labute approximate surface area is 214 Å². The number of ketones is 1. The second-order valence-corrected chi connectivity index (χ2v) is 9.09. The Balaban J connectivity index is 0.00000456. The molecule has 0 spiro atoms. The van der Waals surface area contributed by atoms with Crippen molar-refractivity contribution in [3.05, 3.63) is 64.5 Å². The molecule has 0 aliphatic carbocycles. The van der Waals surface area contributed by atoms with Crippen LogP contribution in [0, 0.1) is 12.7 Å². The standard InChI is InChI=1S/C27H35FN4O3.CH4/c1-5-6-7-13-29-26(34)17-31(25-12-11-21(20(3)33)14-19(25)2)18-27(35)30(4)32-15-22-9-8-10-24(28)23(22)16-32;/h8-12,14H,5-7,13,15-18H2,1-4H3,(H,29,34);1H4. The number of hydrogen-bond donors (Lipinski definition) is 1. The number of benzene rings is 2. The van der Waals surface area contributed by atoms with Crippen LogP contribution in [-0.2, 0) is 22.7 Å². The van der Waals surface area contributed by atoms with E-state index >= 15 is 0 Å². The fourth-order valence-electron chi connectivity index (χ4n) is 4.29. The van der Waals surface area contributed by atoms with Gasteiger partial charge in [0.05, 0.1) is 13.1 Å². The summed E-state index contributed by atoms with van der Waals surface area (Å²) in [6.45, 7) is 6.80. The minimum absolute atomic E-state index is 0. The summed E-state index contributed by atoms with van der Waals surface area (Å²) in [6, 6.07) is 10.2. The molecule has 0 unspecified atom stereocenters. The second-order valence-electron chi connectivity index (χ2n) is 9.09. The minimum Gasteiger partial charge on any atom is -0.355 e. The minimum atomic E-state index is -0.270. The fraction of sp³-hybridized carbons (Fsp3) is 0.464. The highest BCUT2D eigenvalue weighted by molar-refractivity contribution is 5.95. The zero-order valence-electron chi connectivity index (χ0n) is 21.1. The van der Waals surface area contributed by atoms with Gasteiger partial charge >= 0.3 is 0 Å². The highest BCUT2D eigenvalue weighted by Gasteiger charge is 2.28. The van der Waals surface area contributed by atoms with Crippen LogP contribution in [0.3, 0.4) is 0 Å². The van der Waals surface area contributed by atoms with Crippen LogP contribution in [0.25, 0.3) is 0 Å². The van der Waals surface area contributed by atoms with E-state index in [-0.39, 0.29) is 43.9 Å². The largest absolute Gasteiger partial charge is 0.355 e. The van der Waals surface area contributed by atoms with Crippen LogP contribution < -0.4 is 10.2 Å². The molecule has 0 saturated heterocycles. The third-order valence-corrected chi connectivity index (χ3v) is 6.40. The van der Waals surface area contributed by atoms with Crippen molar-refractivity contribution < 1.29 is 18.8 Å². The normalized spacial score (nSPS) is 12.5. The number of amides is 2. The lowest BCUT2D eigenvalue weighted by Crippen LogP contribution is -2.48. The summed E-state index contributed by atoms with van der Waals surface area (Å²) in [6.07, 6.45) is 3.01. The lowest BCUT2D eigenvalue weighted by Gasteiger charge is -2.32. The van der Waals surface area contributed by atoms with E-state index in [1.54, 1.807) is 41.2 Å². The van der Waals surface area contributed by atoms with Crippen molar-refractivity contribution in [1.82, 2.24) is 15.3 Å². The van der Waals surface area contributed by atoms with Gasteiger partial charge in [-0.25, -0.2) is 9.40 Å². The number of Topliss-reactive ketones (excluding diaryl/α,β-unsaturated/α-hetero) is 1. The third-order valence-electron chi connectivity index (χ3n) is 6.40. The van der Waals surface area contributed by atoms with Gasteiger partial charge in [-0.3, -0.25) is 19.4 Å². The van der Waals surface area contributed by atoms with Crippen LogP contribution in [0.1, 0.15) is 67.6 Å². The number of nitrogens with zero attached hydrogens (tertiary/aromatic N) is 3. The molecule has 0 atom stereocenters. The average molecular weight is 499 g/mol. The van der Waals surface area contributed by atoms with Gasteiger partial charge in [-0.05, 0) is 55.7 Å². The molecule has 196 valence electrons. The van der Waals surface area contributed by atoms with Crippen molar-refractivity contribution in [2.45, 2.75) is 60.5 Å². The molecule has 2 amide bonds. The van der Waals surface area contributed by atoms with Gasteiger partial charge < -0.3 is 10.2 Å². The van der Waals surface area contributed by atoms with Gasteiger partial charge in [0.25, 0.3) is 5.91 Å². The topological polar surface area (TPSA) is 73.0 Å². The summed E-state index contributed by atoms with van der Waals surface area (Å²) in [4.78, 5) is 39.5. The van der Waals surface area contributed by atoms with E-state index in [9.17, 15) is 18.8 Å². The molecule has 0 aromatic heterocycles. The Morgan fingerprint density at radius 1 is 1.08 bits per heavy atom. The lowest BCUT2D eigenvalue weighted by atomic mass is 10.1. The third kappa shape index (κ3) is 7.13. The maximum atomic E-state index is 14.2. The van der Waals surface area contributed by atoms with Gasteiger partial charge in [-0.15, -0.1) is 0 Å². The number of fused-ring (bicyclic) bond motifs is 1. The van der Waals surface area contributed by atoms with E-state index < -0.39 is 0 Å². The number of carbonyl (C=O) groups excluding carboxylic acids is 3. The quantitative estimate of drug-likeness (QED) is 0.365. The maximum Gasteiger partial charge on any atom is 0.256 e. The predicted molar refractivity (Wildman–Crippen MR) is 141 cm³/mol. The number of anilines is 1. The highest BCUT2D eigenvalue weighted by atomic mass is 19.1. The summed E-state index contributed by atoms with van der Waals surface area (Å²) in [5.41, 5.74) is 3.57. The van der Waals surface area contributed by atoms with Gasteiger partial charge in [-0.1, -0.05) is 39.3 Å². The first kappa shape index (κ1) is 29.0. The molecule has 0 fully saturated rings. The molecule has 8 heteroatoms. The van der Waals surface area contributed by atoms with Crippen LogP contribution in [-0.4, -0.2) is 54.3 Å². The monoisotopic (exact) mass is 498 g/mol. The number of unbranched alkanes of at least 4 members (excludes halogenated alkanes) is 2. The molecular formula is C28H39FN4O3. The molecule has 2 aromatic rings. The zero-order valence-corrected chi connectivity index (χ0v) is 21.1. The molecule has 1 heterocycles. The van der Waals surface area contributed by atoms with Crippen molar-refractivity contribution >= 4 is 23.3 Å². The molecule has 7 nitrogen and oxygen atoms in total. The predicted octanol–water partition coefficient (Wildman–Crippen LogP) is 4.47. The molecule has 0 radical (unpaired) electrons. The Morgan fingerprint density at radius 2 is 1.83 bits per heavy atom. The van der Waals surface area contributed by atoms with E-state index in [4.69, 9.17) is 0 Å². The van der Waals surface area contributed by atoms with Crippen LogP contribution in [0.15, 0.2) is 36.4 Å². The summed E-state index contributed by atoms with van der Waals surface area (Å²) >= 11 is 0. The van der Waals surface area contributed by atoms with Gasteiger partial charge in [-0.2, -0.15) is 0 Å². The molecule has 0 bridgehead atoms. The maximum absolute atomic E-state index is 14.2. The summed E-state index contributed by atoms with van der Waals surface area (Å²) in [5.74, 6) is -0.695. The van der Waals surface area contributed by atoms with E-state index in [1.165, 1.54) is 18.0 Å². The molecule has 0 saturated carbocycles. The van der Waals surface area contributed by atoms with E-state index in [0.717, 1.165) is 36.1 Å². The van der Waals surface area contributed by atoms with Gasteiger partial charge in [0.15, 0.2) is 5.78 Å². The van der Waals surface area contributed by atoms with Crippen LogP contribution in [0.5, 0.6) is 0 Å². The molecular weight excluding hydrogens is 459 g/mol. The van der Waals surface area contributed by atoms with Crippen LogP contribution in [0.2, 0.25) is 0 Å². The molecule has 1 aliphatic rings. The van der Waals surface area contributed by atoms with E-state index in [0.29, 0.717) is 30.8 Å². The number of rotatable bonds is 11. The fourth-order valence-corrected chi connectivity index (χ4v) is 4.29. The number of likely N-dealkylation sites (N-methyl/N-ethyl adjacent to an activating group) is 1. The first-order valence-electron chi connectivity index (χ1n) is 12.1. The van der Waals surface area contributed by atoms with Crippen molar-refractivity contribution in [1.29, 1.82) is 0 Å². The SMILES string of the molecule is C.CCCCCNC(=O)CN(CC(=O)N(C)N1Cc2cccc(F)c2C1)c1ccc(C(C)=O)cc1C. The lowest BCUT2D eigenvalue weighted by molar-refractivity contribution is -0.145. The Morgan fingerprint density at radius 3 is 2.47 bits per heavy atom. The smallest absolute Gasteiger partial charge is 0.256 e. The van der Waals surface area contributed by atoms with Gasteiger partial charge in [0, 0.05) is 43.5 Å². The van der Waals surface area contributed by atoms with Gasteiger partial charge in [0.1, 0.15) is 5.82 Å². The van der Waals surface area contributed by atoms with Crippen LogP contribution >= 0.6 is 0 Å². The molecule has 36 heavy (non-hydrogen) atoms. The number of hydrazine groups is 1. The first-order valence-corrected chi connectivity index (χ1v) is 12.1. The highest BCUT2D eigenvalue weighted by Crippen LogP contribution is 2.27. The van der Waals surface area contributed by atoms with Crippen molar-refractivity contribution in [3.8, 4) is 0 Å². The van der Waals surface area contributed by atoms with Crippen molar-refractivity contribution in [2.75, 3.05) is 31.6 Å². The summed E-state index contributed by atoms with van der Waals surface area (Å²) in [7, 11) is 1.67. The number of halogens is 1. The molecule has 2 aromatic carbocycles. The van der Waals surface area contributed by atoms with E-state index in [2.05, 4.69) is 12.2 Å². The second kappa shape index (κ2) is 13.2. The number of aryl methyl sites for hydroxylation is 1. The van der Waals surface area contributed by atoms with E-state index in [1.807, 2.05) is 13.0 Å². The van der Waals surface area contributed by atoms with Crippen molar-refractivity contribution in [3.63, 3.8) is 0 Å². The van der Waals surface area contributed by atoms with Crippen molar-refractivity contribution in [2.24, 2.45) is 0 Å². The zero-order chi connectivity index (χ0) is 25.5. The molecule has 3 rings (SSSR count). The Hall–Kier alpha value is -3.26. The van der Waals surface area contributed by atoms with Crippen LogP contribution in [0.4, 0.5) is 10.1 Å². The number of nitrogens with one attached hydrogen (secondary N) is 1. The molecule has 1 aliphatic heterocycles. The summed E-state index contributed by atoms with van der Waals surface area (Å²) in [5, 5.41) is 6.23. The Bertz CT molecular complexity index is 1090. The molecule has 1 N–H and O–H groups in total. The average Bonchev–Trinajstić information content (AvgIpc) is 3.26. The summed E-state index contributed by atoms with van der Waals surface area (Å²) < 4.78 is 14.2. The first-order chi connectivity index (χ1) is 16.7. The number of carbonyl (C=O) groups is 3. The van der Waals surface area contributed by atoms with Gasteiger partial charge in [0.2, 0.25) is 5.91 Å². The number of hydrogen-bond acceptors (Lipinski definition) is 5.